The number of benzene rings is 1. The normalized spacial score (nSPS) is 19.9. The summed E-state index contributed by atoms with van der Waals surface area (Å²) in [4.78, 5) is 8.37. The first-order chi connectivity index (χ1) is 12.3. The van der Waals surface area contributed by atoms with Crippen LogP contribution < -0.4 is 9.47 Å². The Kier molecular flexibility index (Phi) is 5.20. The van der Waals surface area contributed by atoms with Gasteiger partial charge in [-0.05, 0) is 6.07 Å². The molecule has 1 aromatic heterocycles. The Labute approximate surface area is 151 Å². The maximum absolute atomic E-state index is 6.24. The second-order valence-corrected chi connectivity index (χ2v) is 6.70. The molecule has 3 heterocycles. The maximum atomic E-state index is 6.24. The fourth-order valence-electron chi connectivity index (χ4n) is 3.16. The first kappa shape index (κ1) is 16.8. The summed E-state index contributed by atoms with van der Waals surface area (Å²) >= 11 is 6.23. The van der Waals surface area contributed by atoms with Gasteiger partial charge in [0.15, 0.2) is 11.5 Å². The summed E-state index contributed by atoms with van der Waals surface area (Å²) in [5.74, 6) is 1.41. The number of halogens is 1. The molecule has 0 bridgehead atoms. The van der Waals surface area contributed by atoms with Crippen LogP contribution in [0.5, 0.6) is 11.5 Å². The minimum atomic E-state index is 0.117. The van der Waals surface area contributed by atoms with Crippen molar-refractivity contribution in [2.75, 3.05) is 26.4 Å². The summed E-state index contributed by atoms with van der Waals surface area (Å²) in [6.45, 7) is 2.89. The zero-order chi connectivity index (χ0) is 17.1. The van der Waals surface area contributed by atoms with E-state index in [0.29, 0.717) is 16.7 Å². The van der Waals surface area contributed by atoms with E-state index in [4.69, 9.17) is 30.5 Å². The van der Waals surface area contributed by atoms with Crippen molar-refractivity contribution in [2.45, 2.75) is 37.9 Å². The van der Waals surface area contributed by atoms with Gasteiger partial charge in [0, 0.05) is 37.1 Å². The van der Waals surface area contributed by atoms with Gasteiger partial charge in [-0.15, -0.1) is 0 Å². The molecule has 0 saturated carbocycles. The Hall–Kier alpha value is -1.63. The number of rotatable bonds is 4. The van der Waals surface area contributed by atoms with E-state index in [1.165, 1.54) is 6.33 Å². The van der Waals surface area contributed by atoms with Gasteiger partial charge in [-0.3, -0.25) is 0 Å². The van der Waals surface area contributed by atoms with Crippen LogP contribution in [-0.2, 0) is 9.47 Å². The Bertz CT molecular complexity index is 730. The Morgan fingerprint density at radius 1 is 0.840 bits per heavy atom. The van der Waals surface area contributed by atoms with E-state index >= 15 is 0 Å². The number of hydrogen-bond donors (Lipinski definition) is 0. The highest BCUT2D eigenvalue weighted by molar-refractivity contribution is 6.34. The highest BCUT2D eigenvalue weighted by Gasteiger charge is 2.22. The average molecular weight is 365 g/mol. The number of fused-ring (bicyclic) bond motifs is 1. The molecule has 0 spiro atoms. The molecular weight excluding hydrogens is 344 g/mol. The fourth-order valence-corrected chi connectivity index (χ4v) is 3.36. The van der Waals surface area contributed by atoms with Crippen LogP contribution in [0, 0.1) is 0 Å². The summed E-state index contributed by atoms with van der Waals surface area (Å²) in [6.07, 6.45) is 5.19. The highest BCUT2D eigenvalue weighted by atomic mass is 35.5. The van der Waals surface area contributed by atoms with Crippen molar-refractivity contribution >= 4 is 22.5 Å². The molecule has 1 aromatic carbocycles. The van der Waals surface area contributed by atoms with Crippen LogP contribution in [0.25, 0.3) is 10.9 Å². The Morgan fingerprint density at radius 3 is 2.00 bits per heavy atom. The molecule has 0 unspecified atom stereocenters. The summed E-state index contributed by atoms with van der Waals surface area (Å²) in [5.41, 5.74) is 0.751. The molecule has 2 saturated heterocycles. The number of ether oxygens (including phenoxy) is 4. The molecule has 4 rings (SSSR count). The monoisotopic (exact) mass is 364 g/mol. The van der Waals surface area contributed by atoms with Crippen molar-refractivity contribution in [3.63, 3.8) is 0 Å². The van der Waals surface area contributed by atoms with Gasteiger partial charge in [0.25, 0.3) is 0 Å². The van der Waals surface area contributed by atoms with E-state index < -0.39 is 0 Å². The molecule has 2 fully saturated rings. The lowest BCUT2D eigenvalue weighted by Crippen LogP contribution is -2.28. The largest absolute Gasteiger partial charge is 0.486 e. The summed E-state index contributed by atoms with van der Waals surface area (Å²) in [7, 11) is 0. The molecular formula is C18H21ClN2O4. The standard InChI is InChI=1S/C18H21ClN2O4/c19-18-14-9-16(24-12-1-5-22-6-2-12)17(10-15(14)20-11-21-18)25-13-3-7-23-8-4-13/h9-13H,1-8H2. The molecule has 0 radical (unpaired) electrons. The Balaban J connectivity index is 1.65. The third-order valence-corrected chi connectivity index (χ3v) is 4.88. The number of hydrogen-bond acceptors (Lipinski definition) is 6. The van der Waals surface area contributed by atoms with Crippen LogP contribution in [0.1, 0.15) is 25.7 Å². The predicted molar refractivity (Wildman–Crippen MR) is 93.5 cm³/mol. The molecule has 2 aliphatic rings. The lowest BCUT2D eigenvalue weighted by atomic mass is 10.1. The Morgan fingerprint density at radius 2 is 1.40 bits per heavy atom. The third-order valence-electron chi connectivity index (χ3n) is 4.58. The van der Waals surface area contributed by atoms with Crippen LogP contribution in [0.3, 0.4) is 0 Å². The van der Waals surface area contributed by atoms with Crippen molar-refractivity contribution in [3.8, 4) is 11.5 Å². The quantitative estimate of drug-likeness (QED) is 0.775. The van der Waals surface area contributed by atoms with Gasteiger partial charge in [0.05, 0.1) is 31.9 Å². The van der Waals surface area contributed by atoms with Crippen LogP contribution in [0.15, 0.2) is 18.5 Å². The van der Waals surface area contributed by atoms with Crippen LogP contribution in [-0.4, -0.2) is 48.6 Å². The fraction of sp³-hybridized carbons (Fsp3) is 0.556. The highest BCUT2D eigenvalue weighted by Crippen LogP contribution is 2.36. The van der Waals surface area contributed by atoms with Crippen molar-refractivity contribution in [3.05, 3.63) is 23.6 Å². The SMILES string of the molecule is Clc1ncnc2cc(OC3CCOCC3)c(OC3CCOCC3)cc12. The predicted octanol–water partition coefficient (Wildman–Crippen LogP) is 3.40. The average Bonchev–Trinajstić information content (AvgIpc) is 2.65. The maximum Gasteiger partial charge on any atom is 0.163 e. The lowest BCUT2D eigenvalue weighted by Gasteiger charge is -2.27. The minimum absolute atomic E-state index is 0.117. The van der Waals surface area contributed by atoms with E-state index in [0.717, 1.165) is 63.0 Å². The van der Waals surface area contributed by atoms with E-state index in [2.05, 4.69) is 9.97 Å². The lowest BCUT2D eigenvalue weighted by molar-refractivity contribution is 0.0142. The second kappa shape index (κ2) is 7.72. The zero-order valence-electron chi connectivity index (χ0n) is 13.9. The van der Waals surface area contributed by atoms with Crippen LogP contribution in [0.2, 0.25) is 5.15 Å². The van der Waals surface area contributed by atoms with Gasteiger partial charge in [-0.1, -0.05) is 11.6 Å². The summed E-state index contributed by atoms with van der Waals surface area (Å²) in [5, 5.41) is 1.19. The smallest absolute Gasteiger partial charge is 0.163 e. The molecule has 0 aliphatic carbocycles. The second-order valence-electron chi connectivity index (χ2n) is 6.34. The topological polar surface area (TPSA) is 62.7 Å². The first-order valence-electron chi connectivity index (χ1n) is 8.72. The third kappa shape index (κ3) is 3.97. The van der Waals surface area contributed by atoms with Crippen LogP contribution in [0.4, 0.5) is 0 Å². The van der Waals surface area contributed by atoms with Crippen molar-refractivity contribution in [1.29, 1.82) is 0 Å². The van der Waals surface area contributed by atoms with Gasteiger partial charge < -0.3 is 18.9 Å². The molecule has 0 N–H and O–H groups in total. The molecule has 7 heteroatoms. The van der Waals surface area contributed by atoms with Crippen molar-refractivity contribution < 1.29 is 18.9 Å². The van der Waals surface area contributed by atoms with Gasteiger partial charge in [-0.2, -0.15) is 0 Å². The van der Waals surface area contributed by atoms with Crippen LogP contribution >= 0.6 is 11.6 Å². The molecule has 2 aromatic rings. The number of nitrogens with zero attached hydrogens (tertiary/aromatic N) is 2. The van der Waals surface area contributed by atoms with Gasteiger partial charge in [0.1, 0.15) is 23.7 Å². The van der Waals surface area contributed by atoms with E-state index in [9.17, 15) is 0 Å². The zero-order valence-corrected chi connectivity index (χ0v) is 14.7. The van der Waals surface area contributed by atoms with Gasteiger partial charge in [-0.25, -0.2) is 9.97 Å². The molecule has 134 valence electrons. The molecule has 25 heavy (non-hydrogen) atoms. The summed E-state index contributed by atoms with van der Waals surface area (Å²) in [6, 6.07) is 3.79. The van der Waals surface area contributed by atoms with E-state index in [-0.39, 0.29) is 12.2 Å². The number of aromatic nitrogens is 2. The minimum Gasteiger partial charge on any atom is -0.486 e. The van der Waals surface area contributed by atoms with E-state index in [1.807, 2.05) is 12.1 Å². The van der Waals surface area contributed by atoms with E-state index in [1.54, 1.807) is 0 Å². The molecule has 0 atom stereocenters. The molecule has 0 amide bonds. The summed E-state index contributed by atoms with van der Waals surface area (Å²) < 4.78 is 23.3. The van der Waals surface area contributed by atoms with Crippen molar-refractivity contribution in [2.24, 2.45) is 0 Å². The first-order valence-corrected chi connectivity index (χ1v) is 9.10. The van der Waals surface area contributed by atoms with Crippen molar-refractivity contribution in [1.82, 2.24) is 9.97 Å². The van der Waals surface area contributed by atoms with Gasteiger partial charge >= 0.3 is 0 Å². The van der Waals surface area contributed by atoms with Gasteiger partial charge in [0.2, 0.25) is 0 Å². The molecule has 2 aliphatic heterocycles. The molecule has 6 nitrogen and oxygen atoms in total.